The van der Waals surface area contributed by atoms with E-state index in [1.807, 2.05) is 6.92 Å². The fourth-order valence-corrected chi connectivity index (χ4v) is 2.93. The molecule has 0 unspecified atom stereocenters. The highest BCUT2D eigenvalue weighted by Crippen LogP contribution is 2.29. The van der Waals surface area contributed by atoms with Gasteiger partial charge in [-0.1, -0.05) is 11.6 Å². The summed E-state index contributed by atoms with van der Waals surface area (Å²) in [5.41, 5.74) is 1.23. The number of aryl methyl sites for hydroxylation is 1. The SMILES string of the molecule is CO[C@@H]1CNCC[C@H]1NC(=O)c1[nH]c(C)c(Cl)c1Br. The predicted octanol–water partition coefficient (Wildman–Crippen LogP) is 1.85. The van der Waals surface area contributed by atoms with Gasteiger partial charge in [-0.05, 0) is 35.8 Å². The van der Waals surface area contributed by atoms with E-state index < -0.39 is 0 Å². The van der Waals surface area contributed by atoms with Crippen molar-refractivity contribution in [3.05, 3.63) is 20.9 Å². The van der Waals surface area contributed by atoms with E-state index in [0.717, 1.165) is 25.2 Å². The van der Waals surface area contributed by atoms with E-state index in [-0.39, 0.29) is 18.1 Å². The Kier molecular flexibility index (Phi) is 4.89. The number of methoxy groups -OCH3 is 1. The van der Waals surface area contributed by atoms with Crippen LogP contribution >= 0.6 is 27.5 Å². The lowest BCUT2D eigenvalue weighted by Gasteiger charge is -2.31. The smallest absolute Gasteiger partial charge is 0.269 e. The highest BCUT2D eigenvalue weighted by molar-refractivity contribution is 9.10. The summed E-state index contributed by atoms with van der Waals surface area (Å²) in [6.07, 6.45) is 0.831. The minimum atomic E-state index is -0.171. The van der Waals surface area contributed by atoms with Crippen molar-refractivity contribution in [1.82, 2.24) is 15.6 Å². The summed E-state index contributed by atoms with van der Waals surface area (Å²) in [7, 11) is 1.66. The number of rotatable bonds is 3. The molecule has 0 saturated carbocycles. The molecule has 0 spiro atoms. The zero-order valence-corrected chi connectivity index (χ0v) is 13.2. The topological polar surface area (TPSA) is 66.2 Å². The Bertz CT molecular complexity index is 478. The number of halogens is 2. The van der Waals surface area contributed by atoms with Gasteiger partial charge < -0.3 is 20.4 Å². The molecule has 1 aromatic heterocycles. The van der Waals surface area contributed by atoms with Crippen molar-refractivity contribution in [2.75, 3.05) is 20.2 Å². The van der Waals surface area contributed by atoms with Crippen molar-refractivity contribution in [3.63, 3.8) is 0 Å². The molecule has 19 heavy (non-hydrogen) atoms. The predicted molar refractivity (Wildman–Crippen MR) is 77.8 cm³/mol. The van der Waals surface area contributed by atoms with E-state index in [2.05, 4.69) is 31.5 Å². The Morgan fingerprint density at radius 2 is 2.32 bits per heavy atom. The van der Waals surface area contributed by atoms with Crippen LogP contribution in [-0.2, 0) is 4.74 Å². The van der Waals surface area contributed by atoms with Crippen LogP contribution in [-0.4, -0.2) is 43.2 Å². The van der Waals surface area contributed by atoms with Crippen molar-refractivity contribution in [1.29, 1.82) is 0 Å². The maximum Gasteiger partial charge on any atom is 0.269 e. The third-order valence-electron chi connectivity index (χ3n) is 3.33. The quantitative estimate of drug-likeness (QED) is 0.779. The molecule has 0 aliphatic carbocycles. The van der Waals surface area contributed by atoms with Crippen molar-refractivity contribution in [2.45, 2.75) is 25.5 Å². The van der Waals surface area contributed by atoms with Gasteiger partial charge in [0.1, 0.15) is 5.69 Å². The molecule has 0 radical (unpaired) electrons. The standard InChI is InChI=1S/C12H17BrClN3O2/c1-6-10(14)9(13)11(16-6)12(18)17-7-3-4-15-5-8(7)19-2/h7-8,15-16H,3-5H2,1-2H3,(H,17,18)/t7-,8-/m1/s1. The van der Waals surface area contributed by atoms with Crippen molar-refractivity contribution in [3.8, 4) is 0 Å². The second-order valence-corrected chi connectivity index (χ2v) is 5.77. The molecule has 1 fully saturated rings. The molecule has 2 atom stereocenters. The molecule has 1 aliphatic rings. The lowest BCUT2D eigenvalue weighted by atomic mass is 10.0. The average molecular weight is 351 g/mol. The van der Waals surface area contributed by atoms with Gasteiger partial charge in [-0.25, -0.2) is 0 Å². The molecule has 1 saturated heterocycles. The van der Waals surface area contributed by atoms with Gasteiger partial charge in [0, 0.05) is 19.3 Å². The molecule has 5 nitrogen and oxygen atoms in total. The van der Waals surface area contributed by atoms with Crippen molar-refractivity contribution >= 4 is 33.4 Å². The summed E-state index contributed by atoms with van der Waals surface area (Å²) in [6.45, 7) is 3.44. The molecule has 0 bridgehead atoms. The van der Waals surface area contributed by atoms with Crippen LogP contribution in [0.5, 0.6) is 0 Å². The van der Waals surface area contributed by atoms with Crippen molar-refractivity contribution < 1.29 is 9.53 Å². The van der Waals surface area contributed by atoms with Gasteiger partial charge >= 0.3 is 0 Å². The molecule has 1 amide bonds. The number of aromatic nitrogens is 1. The molecule has 7 heteroatoms. The number of carbonyl (C=O) groups is 1. The van der Waals surface area contributed by atoms with Crippen LogP contribution in [0.25, 0.3) is 0 Å². The van der Waals surface area contributed by atoms with Gasteiger partial charge in [-0.3, -0.25) is 4.79 Å². The number of hydrogen-bond acceptors (Lipinski definition) is 3. The van der Waals surface area contributed by atoms with Gasteiger partial charge in [0.2, 0.25) is 0 Å². The summed E-state index contributed by atoms with van der Waals surface area (Å²) in [4.78, 5) is 15.2. The summed E-state index contributed by atoms with van der Waals surface area (Å²) >= 11 is 9.38. The van der Waals surface area contributed by atoms with Gasteiger partial charge in [0.05, 0.1) is 21.6 Å². The Morgan fingerprint density at radius 1 is 1.58 bits per heavy atom. The molecule has 1 aromatic rings. The van der Waals surface area contributed by atoms with E-state index in [1.54, 1.807) is 7.11 Å². The number of carbonyl (C=O) groups excluding carboxylic acids is 1. The van der Waals surface area contributed by atoms with Gasteiger partial charge in [0.25, 0.3) is 5.91 Å². The number of amides is 1. The van der Waals surface area contributed by atoms with E-state index >= 15 is 0 Å². The Morgan fingerprint density at radius 3 is 2.89 bits per heavy atom. The summed E-state index contributed by atoms with van der Waals surface area (Å²) in [5.74, 6) is -0.171. The Balaban J connectivity index is 2.09. The summed E-state index contributed by atoms with van der Waals surface area (Å²) < 4.78 is 5.98. The van der Waals surface area contributed by atoms with Crippen LogP contribution in [0.4, 0.5) is 0 Å². The molecule has 1 aliphatic heterocycles. The number of piperidine rings is 1. The van der Waals surface area contributed by atoms with E-state index in [9.17, 15) is 4.79 Å². The van der Waals surface area contributed by atoms with Crippen LogP contribution in [0.15, 0.2) is 4.47 Å². The minimum Gasteiger partial charge on any atom is -0.378 e. The highest BCUT2D eigenvalue weighted by Gasteiger charge is 2.28. The van der Waals surface area contributed by atoms with Gasteiger partial charge in [-0.15, -0.1) is 0 Å². The summed E-state index contributed by atoms with van der Waals surface area (Å²) in [6, 6.07) is 0.00744. The maximum atomic E-state index is 12.3. The molecule has 0 aromatic carbocycles. The van der Waals surface area contributed by atoms with E-state index in [4.69, 9.17) is 16.3 Å². The Labute approximate surface area is 125 Å². The van der Waals surface area contributed by atoms with Gasteiger partial charge in [-0.2, -0.15) is 0 Å². The highest BCUT2D eigenvalue weighted by atomic mass is 79.9. The first kappa shape index (κ1) is 14.8. The second kappa shape index (κ2) is 6.26. The van der Waals surface area contributed by atoms with Crippen LogP contribution < -0.4 is 10.6 Å². The molecule has 2 rings (SSSR count). The molecular formula is C12H17BrClN3O2. The fourth-order valence-electron chi connectivity index (χ4n) is 2.21. The Hall–Kier alpha value is -0.560. The number of nitrogens with one attached hydrogen (secondary N) is 3. The summed E-state index contributed by atoms with van der Waals surface area (Å²) in [5, 5.41) is 6.77. The maximum absolute atomic E-state index is 12.3. The van der Waals surface area contributed by atoms with E-state index in [1.165, 1.54) is 0 Å². The lowest BCUT2D eigenvalue weighted by molar-refractivity contribution is 0.0475. The van der Waals surface area contributed by atoms with Crippen LogP contribution in [0, 0.1) is 6.92 Å². The average Bonchev–Trinajstić information content (AvgIpc) is 2.67. The van der Waals surface area contributed by atoms with Crippen LogP contribution in [0.3, 0.4) is 0 Å². The van der Waals surface area contributed by atoms with Gasteiger partial charge in [0.15, 0.2) is 0 Å². The number of H-pyrrole nitrogens is 1. The molecule has 3 N–H and O–H groups in total. The lowest BCUT2D eigenvalue weighted by Crippen LogP contribution is -2.53. The molecule has 2 heterocycles. The van der Waals surface area contributed by atoms with Crippen LogP contribution in [0.2, 0.25) is 5.02 Å². The molecule has 106 valence electrons. The number of aromatic amines is 1. The zero-order valence-electron chi connectivity index (χ0n) is 10.8. The third kappa shape index (κ3) is 3.13. The van der Waals surface area contributed by atoms with Crippen LogP contribution in [0.1, 0.15) is 22.6 Å². The zero-order chi connectivity index (χ0) is 14.0. The first-order chi connectivity index (χ1) is 9.04. The van der Waals surface area contributed by atoms with E-state index in [0.29, 0.717) is 15.2 Å². The van der Waals surface area contributed by atoms with Crippen molar-refractivity contribution in [2.24, 2.45) is 0 Å². The minimum absolute atomic E-state index is 0.00744. The fraction of sp³-hybridized carbons (Fsp3) is 0.583. The number of ether oxygens (including phenoxy) is 1. The monoisotopic (exact) mass is 349 g/mol. The third-order valence-corrected chi connectivity index (χ3v) is 4.82. The first-order valence-electron chi connectivity index (χ1n) is 6.12. The molecular weight excluding hydrogens is 334 g/mol. The normalized spacial score (nSPS) is 23.4. The second-order valence-electron chi connectivity index (χ2n) is 4.60. The largest absolute Gasteiger partial charge is 0.378 e. The first-order valence-corrected chi connectivity index (χ1v) is 7.29. The number of hydrogen-bond donors (Lipinski definition) is 3.